The average molecular weight is 180 g/mol. The normalized spacial score (nSPS) is 13.5. The SMILES string of the molecule is CC(/C=C/CO)c1ccc(F)cc1. The predicted molar refractivity (Wildman–Crippen MR) is 51.0 cm³/mol. The van der Waals surface area contributed by atoms with Crippen LogP contribution in [-0.2, 0) is 0 Å². The van der Waals surface area contributed by atoms with Crippen LogP contribution < -0.4 is 0 Å². The third kappa shape index (κ3) is 2.99. The Labute approximate surface area is 77.5 Å². The van der Waals surface area contributed by atoms with E-state index in [9.17, 15) is 4.39 Å². The zero-order valence-corrected chi connectivity index (χ0v) is 7.57. The van der Waals surface area contributed by atoms with Crippen LogP contribution in [0.4, 0.5) is 4.39 Å². The van der Waals surface area contributed by atoms with Crippen molar-refractivity contribution in [1.29, 1.82) is 0 Å². The Balaban J connectivity index is 2.71. The lowest BCUT2D eigenvalue weighted by molar-refractivity contribution is 0.342. The maximum Gasteiger partial charge on any atom is 0.123 e. The molecule has 2 heteroatoms. The molecule has 0 amide bonds. The number of halogens is 1. The minimum atomic E-state index is -0.220. The van der Waals surface area contributed by atoms with Crippen LogP contribution in [0, 0.1) is 5.82 Å². The zero-order chi connectivity index (χ0) is 9.68. The molecule has 1 N–H and O–H groups in total. The van der Waals surface area contributed by atoms with Gasteiger partial charge in [0.15, 0.2) is 0 Å². The fourth-order valence-electron chi connectivity index (χ4n) is 1.14. The van der Waals surface area contributed by atoms with Crippen LogP contribution in [0.5, 0.6) is 0 Å². The second-order valence-corrected chi connectivity index (χ2v) is 2.95. The first kappa shape index (κ1) is 9.93. The van der Waals surface area contributed by atoms with Gasteiger partial charge in [0.25, 0.3) is 0 Å². The van der Waals surface area contributed by atoms with Crippen molar-refractivity contribution in [2.24, 2.45) is 0 Å². The van der Waals surface area contributed by atoms with Gasteiger partial charge in [0.05, 0.1) is 6.61 Å². The number of rotatable bonds is 3. The van der Waals surface area contributed by atoms with Gasteiger partial charge in [0.2, 0.25) is 0 Å². The highest BCUT2D eigenvalue weighted by molar-refractivity contribution is 5.23. The molecule has 0 saturated carbocycles. The number of hydrogen-bond donors (Lipinski definition) is 1. The van der Waals surface area contributed by atoms with Gasteiger partial charge in [-0.15, -0.1) is 0 Å². The second-order valence-electron chi connectivity index (χ2n) is 2.95. The van der Waals surface area contributed by atoms with Crippen molar-refractivity contribution >= 4 is 0 Å². The van der Waals surface area contributed by atoms with Crippen molar-refractivity contribution in [2.45, 2.75) is 12.8 Å². The highest BCUT2D eigenvalue weighted by Gasteiger charge is 2.00. The van der Waals surface area contributed by atoms with Crippen molar-refractivity contribution < 1.29 is 9.50 Å². The summed E-state index contributed by atoms with van der Waals surface area (Å²) in [7, 11) is 0. The first-order chi connectivity index (χ1) is 6.24. The van der Waals surface area contributed by atoms with E-state index in [2.05, 4.69) is 0 Å². The molecule has 0 aliphatic rings. The van der Waals surface area contributed by atoms with E-state index < -0.39 is 0 Å². The van der Waals surface area contributed by atoms with E-state index in [4.69, 9.17) is 5.11 Å². The van der Waals surface area contributed by atoms with Crippen LogP contribution in [0.15, 0.2) is 36.4 Å². The van der Waals surface area contributed by atoms with E-state index in [0.717, 1.165) is 5.56 Å². The smallest absolute Gasteiger partial charge is 0.123 e. The molecule has 1 nitrogen and oxygen atoms in total. The Morgan fingerprint density at radius 2 is 2.00 bits per heavy atom. The van der Waals surface area contributed by atoms with E-state index in [1.165, 1.54) is 12.1 Å². The molecule has 70 valence electrons. The summed E-state index contributed by atoms with van der Waals surface area (Å²) in [6.07, 6.45) is 3.58. The molecule has 0 aliphatic carbocycles. The van der Waals surface area contributed by atoms with Crippen molar-refractivity contribution in [2.75, 3.05) is 6.61 Å². The largest absolute Gasteiger partial charge is 0.392 e. The maximum atomic E-state index is 12.5. The number of aliphatic hydroxyl groups is 1. The lowest BCUT2D eigenvalue weighted by Crippen LogP contribution is -1.89. The molecule has 0 aliphatic heterocycles. The van der Waals surface area contributed by atoms with E-state index in [0.29, 0.717) is 0 Å². The highest BCUT2D eigenvalue weighted by Crippen LogP contribution is 2.16. The molecule has 1 aromatic carbocycles. The summed E-state index contributed by atoms with van der Waals surface area (Å²) < 4.78 is 12.5. The monoisotopic (exact) mass is 180 g/mol. The van der Waals surface area contributed by atoms with Gasteiger partial charge in [0, 0.05) is 0 Å². The van der Waals surface area contributed by atoms with E-state index >= 15 is 0 Å². The molecule has 1 atom stereocenters. The van der Waals surface area contributed by atoms with Crippen molar-refractivity contribution in [3.05, 3.63) is 47.8 Å². The summed E-state index contributed by atoms with van der Waals surface area (Å²) in [6.45, 7) is 2.05. The third-order valence-electron chi connectivity index (χ3n) is 1.93. The Kier molecular flexibility index (Phi) is 3.65. The number of hydrogen-bond acceptors (Lipinski definition) is 1. The van der Waals surface area contributed by atoms with Crippen LogP contribution >= 0.6 is 0 Å². The number of allylic oxidation sites excluding steroid dienone is 1. The molecule has 0 fully saturated rings. The maximum absolute atomic E-state index is 12.5. The first-order valence-corrected chi connectivity index (χ1v) is 4.27. The standard InChI is InChI=1S/C11H13FO/c1-9(3-2-8-13)10-4-6-11(12)7-5-10/h2-7,9,13H,8H2,1H3/b3-2+. The summed E-state index contributed by atoms with van der Waals surface area (Å²) in [5.41, 5.74) is 1.05. The van der Waals surface area contributed by atoms with Crippen LogP contribution in [0.2, 0.25) is 0 Å². The van der Waals surface area contributed by atoms with Crippen LogP contribution in [-0.4, -0.2) is 11.7 Å². The lowest BCUT2D eigenvalue weighted by atomic mass is 10.0. The summed E-state index contributed by atoms with van der Waals surface area (Å²) in [4.78, 5) is 0. The fourth-order valence-corrected chi connectivity index (χ4v) is 1.14. The van der Waals surface area contributed by atoms with Gasteiger partial charge in [-0.1, -0.05) is 31.2 Å². The predicted octanol–water partition coefficient (Wildman–Crippen LogP) is 2.48. The molecule has 0 saturated heterocycles. The molecule has 13 heavy (non-hydrogen) atoms. The molecular formula is C11H13FO. The minimum absolute atomic E-state index is 0.0472. The summed E-state index contributed by atoms with van der Waals surface area (Å²) in [6, 6.07) is 6.39. The van der Waals surface area contributed by atoms with Gasteiger partial charge in [-0.2, -0.15) is 0 Å². The Morgan fingerprint density at radius 3 is 2.54 bits per heavy atom. The number of aliphatic hydroxyl groups excluding tert-OH is 1. The summed E-state index contributed by atoms with van der Waals surface area (Å²) in [5.74, 6) is -0.00478. The topological polar surface area (TPSA) is 20.2 Å². The highest BCUT2D eigenvalue weighted by atomic mass is 19.1. The van der Waals surface area contributed by atoms with Gasteiger partial charge in [-0.05, 0) is 23.6 Å². The molecular weight excluding hydrogens is 167 g/mol. The fraction of sp³-hybridized carbons (Fsp3) is 0.273. The Bertz CT molecular complexity index is 277. The molecule has 1 unspecified atom stereocenters. The molecule has 0 bridgehead atoms. The van der Waals surface area contributed by atoms with Crippen LogP contribution in [0.25, 0.3) is 0 Å². The third-order valence-corrected chi connectivity index (χ3v) is 1.93. The quantitative estimate of drug-likeness (QED) is 0.708. The average Bonchev–Trinajstić information content (AvgIpc) is 2.15. The van der Waals surface area contributed by atoms with Gasteiger partial charge in [-0.25, -0.2) is 4.39 Å². The summed E-state index contributed by atoms with van der Waals surface area (Å²) >= 11 is 0. The van der Waals surface area contributed by atoms with Gasteiger partial charge >= 0.3 is 0 Å². The zero-order valence-electron chi connectivity index (χ0n) is 7.57. The molecule has 1 aromatic rings. The van der Waals surface area contributed by atoms with Crippen molar-refractivity contribution in [3.8, 4) is 0 Å². The molecule has 0 radical (unpaired) electrons. The van der Waals surface area contributed by atoms with Crippen LogP contribution in [0.3, 0.4) is 0 Å². The Morgan fingerprint density at radius 1 is 1.38 bits per heavy atom. The van der Waals surface area contributed by atoms with E-state index in [1.807, 2.05) is 13.0 Å². The van der Waals surface area contributed by atoms with Gasteiger partial charge in [-0.3, -0.25) is 0 Å². The molecule has 0 spiro atoms. The van der Waals surface area contributed by atoms with E-state index in [-0.39, 0.29) is 18.3 Å². The van der Waals surface area contributed by atoms with Gasteiger partial charge in [0.1, 0.15) is 5.82 Å². The summed E-state index contributed by atoms with van der Waals surface area (Å²) in [5, 5.41) is 8.56. The minimum Gasteiger partial charge on any atom is -0.392 e. The lowest BCUT2D eigenvalue weighted by Gasteiger charge is -2.05. The molecule has 0 heterocycles. The van der Waals surface area contributed by atoms with Crippen LogP contribution in [0.1, 0.15) is 18.4 Å². The second kappa shape index (κ2) is 4.77. The number of benzene rings is 1. The molecule has 1 rings (SSSR count). The molecule has 0 aromatic heterocycles. The van der Waals surface area contributed by atoms with Crippen molar-refractivity contribution in [1.82, 2.24) is 0 Å². The van der Waals surface area contributed by atoms with Crippen molar-refractivity contribution in [3.63, 3.8) is 0 Å². The van der Waals surface area contributed by atoms with E-state index in [1.54, 1.807) is 18.2 Å². The first-order valence-electron chi connectivity index (χ1n) is 4.27. The van der Waals surface area contributed by atoms with Gasteiger partial charge < -0.3 is 5.11 Å². The Hall–Kier alpha value is -1.15.